The molecule has 0 atom stereocenters. The van der Waals surface area contributed by atoms with Gasteiger partial charge in [0.15, 0.2) is 16.6 Å². The van der Waals surface area contributed by atoms with Crippen LogP contribution in [0.2, 0.25) is 0 Å². The number of hydrogen-bond donors (Lipinski definition) is 2. The zero-order valence-electron chi connectivity index (χ0n) is 17.8. The number of hydrogen-bond acceptors (Lipinski definition) is 5. The van der Waals surface area contributed by atoms with Crippen LogP contribution in [-0.2, 0) is 6.54 Å². The first-order chi connectivity index (χ1) is 15.7. The molecule has 0 aromatic heterocycles. The van der Waals surface area contributed by atoms with Crippen LogP contribution in [0.1, 0.15) is 5.56 Å². The SMILES string of the molecule is S=C(Nc1ccc(Nc2ccccc2)cc1)N1CCN(Cc2ccc3c(c2)OCO3)CC1. The van der Waals surface area contributed by atoms with Crippen LogP contribution in [0.5, 0.6) is 11.5 Å². The van der Waals surface area contributed by atoms with Crippen LogP contribution < -0.4 is 20.1 Å². The maximum atomic E-state index is 5.67. The molecule has 0 amide bonds. The van der Waals surface area contributed by atoms with Crippen LogP contribution in [0.25, 0.3) is 0 Å². The summed E-state index contributed by atoms with van der Waals surface area (Å²) in [6.07, 6.45) is 0. The number of nitrogens with one attached hydrogen (secondary N) is 2. The largest absolute Gasteiger partial charge is 0.454 e. The number of fused-ring (bicyclic) bond motifs is 1. The Morgan fingerprint density at radius 2 is 1.47 bits per heavy atom. The second kappa shape index (κ2) is 9.46. The minimum Gasteiger partial charge on any atom is -0.454 e. The predicted molar refractivity (Wildman–Crippen MR) is 132 cm³/mol. The van der Waals surface area contributed by atoms with Gasteiger partial charge in [0, 0.05) is 49.8 Å². The monoisotopic (exact) mass is 446 g/mol. The van der Waals surface area contributed by atoms with Gasteiger partial charge in [-0.2, -0.15) is 0 Å². The van der Waals surface area contributed by atoms with E-state index in [1.807, 2.05) is 48.5 Å². The number of ether oxygens (including phenoxy) is 2. The smallest absolute Gasteiger partial charge is 0.231 e. The van der Waals surface area contributed by atoms with Crippen molar-refractivity contribution in [3.63, 3.8) is 0 Å². The molecule has 1 saturated heterocycles. The molecule has 0 bridgehead atoms. The normalized spacial score (nSPS) is 15.4. The van der Waals surface area contributed by atoms with Gasteiger partial charge >= 0.3 is 0 Å². The molecular weight excluding hydrogens is 420 g/mol. The minimum atomic E-state index is 0.314. The maximum absolute atomic E-state index is 5.67. The Labute approximate surface area is 193 Å². The summed E-state index contributed by atoms with van der Waals surface area (Å²) in [7, 11) is 0. The number of para-hydroxylation sites is 1. The van der Waals surface area contributed by atoms with Crippen molar-refractivity contribution in [3.05, 3.63) is 78.4 Å². The number of benzene rings is 3. The summed E-state index contributed by atoms with van der Waals surface area (Å²) in [4.78, 5) is 4.68. The molecule has 2 heterocycles. The first-order valence-electron chi connectivity index (χ1n) is 10.8. The van der Waals surface area contributed by atoms with Gasteiger partial charge in [-0.3, -0.25) is 4.90 Å². The van der Waals surface area contributed by atoms with E-state index in [2.05, 4.69) is 44.7 Å². The lowest BCUT2D eigenvalue weighted by molar-refractivity contribution is 0.173. The van der Waals surface area contributed by atoms with E-state index in [0.717, 1.165) is 66.4 Å². The van der Waals surface area contributed by atoms with Crippen LogP contribution in [-0.4, -0.2) is 47.9 Å². The van der Waals surface area contributed by atoms with E-state index in [-0.39, 0.29) is 0 Å². The summed E-state index contributed by atoms with van der Waals surface area (Å²) in [5.41, 5.74) is 4.36. The second-order valence-electron chi connectivity index (χ2n) is 7.95. The van der Waals surface area contributed by atoms with Crippen molar-refractivity contribution in [1.29, 1.82) is 0 Å². The van der Waals surface area contributed by atoms with Crippen molar-refractivity contribution in [2.45, 2.75) is 6.54 Å². The van der Waals surface area contributed by atoms with Crippen molar-refractivity contribution >= 4 is 34.4 Å². The molecule has 0 spiro atoms. The Morgan fingerprint density at radius 1 is 0.781 bits per heavy atom. The Morgan fingerprint density at radius 3 is 2.25 bits per heavy atom. The fraction of sp³-hybridized carbons (Fsp3) is 0.240. The van der Waals surface area contributed by atoms with Gasteiger partial charge in [0.25, 0.3) is 0 Å². The summed E-state index contributed by atoms with van der Waals surface area (Å²) >= 11 is 5.67. The number of piperazine rings is 1. The highest BCUT2D eigenvalue weighted by Gasteiger charge is 2.20. The van der Waals surface area contributed by atoms with Crippen molar-refractivity contribution in [2.24, 2.45) is 0 Å². The Hall–Kier alpha value is -3.29. The van der Waals surface area contributed by atoms with Crippen molar-refractivity contribution in [1.82, 2.24) is 9.80 Å². The molecule has 2 aliphatic rings. The molecule has 6 nitrogen and oxygen atoms in total. The summed E-state index contributed by atoms with van der Waals surface area (Å²) in [5, 5.41) is 7.55. The quantitative estimate of drug-likeness (QED) is 0.552. The molecule has 5 rings (SSSR count). The van der Waals surface area contributed by atoms with Gasteiger partial charge in [0.1, 0.15) is 0 Å². The molecule has 0 radical (unpaired) electrons. The van der Waals surface area contributed by atoms with Crippen LogP contribution in [0.15, 0.2) is 72.8 Å². The molecule has 2 aliphatic heterocycles. The molecular formula is C25H26N4O2S. The van der Waals surface area contributed by atoms with Crippen LogP contribution in [0, 0.1) is 0 Å². The zero-order valence-corrected chi connectivity index (χ0v) is 18.6. The standard InChI is InChI=1S/C25H26N4O2S/c32-25(27-22-9-7-21(8-10-22)26-20-4-2-1-3-5-20)29-14-12-28(13-15-29)17-19-6-11-23-24(16-19)31-18-30-23/h1-11,16,26H,12-15,17-18H2,(H,27,32). The molecule has 7 heteroatoms. The molecule has 3 aromatic carbocycles. The van der Waals surface area contributed by atoms with E-state index in [9.17, 15) is 0 Å². The first kappa shape index (κ1) is 20.6. The fourth-order valence-corrected chi connectivity index (χ4v) is 4.23. The van der Waals surface area contributed by atoms with Gasteiger partial charge in [0.2, 0.25) is 6.79 Å². The lowest BCUT2D eigenvalue weighted by Crippen LogP contribution is -2.49. The second-order valence-corrected chi connectivity index (χ2v) is 8.34. The van der Waals surface area contributed by atoms with Gasteiger partial charge in [-0.25, -0.2) is 0 Å². The molecule has 164 valence electrons. The number of anilines is 3. The predicted octanol–water partition coefficient (Wildman–Crippen LogP) is 4.67. The third-order valence-electron chi connectivity index (χ3n) is 5.70. The van der Waals surface area contributed by atoms with Gasteiger partial charge in [-0.1, -0.05) is 24.3 Å². The average molecular weight is 447 g/mol. The number of rotatable bonds is 5. The lowest BCUT2D eigenvalue weighted by Gasteiger charge is -2.36. The van der Waals surface area contributed by atoms with Gasteiger partial charge in [-0.05, 0) is 66.3 Å². The van der Waals surface area contributed by atoms with E-state index < -0.39 is 0 Å². The lowest BCUT2D eigenvalue weighted by atomic mass is 10.1. The van der Waals surface area contributed by atoms with Crippen LogP contribution >= 0.6 is 12.2 Å². The average Bonchev–Trinajstić information content (AvgIpc) is 3.29. The topological polar surface area (TPSA) is 49.0 Å². The van der Waals surface area contributed by atoms with Crippen LogP contribution in [0.3, 0.4) is 0 Å². The third-order valence-corrected chi connectivity index (χ3v) is 6.06. The molecule has 32 heavy (non-hydrogen) atoms. The molecule has 0 aliphatic carbocycles. The number of thiocarbonyl (C=S) groups is 1. The first-order valence-corrected chi connectivity index (χ1v) is 11.2. The highest BCUT2D eigenvalue weighted by molar-refractivity contribution is 7.80. The summed E-state index contributed by atoms with van der Waals surface area (Å²) in [6.45, 7) is 4.97. The van der Waals surface area contributed by atoms with Crippen molar-refractivity contribution < 1.29 is 9.47 Å². The van der Waals surface area contributed by atoms with Crippen molar-refractivity contribution in [3.8, 4) is 11.5 Å². The Bertz CT molecular complexity index is 1070. The fourth-order valence-electron chi connectivity index (χ4n) is 3.93. The minimum absolute atomic E-state index is 0.314. The van der Waals surface area contributed by atoms with Gasteiger partial charge in [0.05, 0.1) is 0 Å². The van der Waals surface area contributed by atoms with E-state index in [4.69, 9.17) is 21.7 Å². The highest BCUT2D eigenvalue weighted by Crippen LogP contribution is 2.32. The maximum Gasteiger partial charge on any atom is 0.231 e. The highest BCUT2D eigenvalue weighted by atomic mass is 32.1. The van der Waals surface area contributed by atoms with Crippen molar-refractivity contribution in [2.75, 3.05) is 43.6 Å². The summed E-state index contributed by atoms with van der Waals surface area (Å²) < 4.78 is 10.9. The number of nitrogens with zero attached hydrogens (tertiary/aromatic N) is 2. The molecule has 1 fully saturated rings. The molecule has 2 N–H and O–H groups in total. The van der Waals surface area contributed by atoms with Crippen LogP contribution in [0.4, 0.5) is 17.1 Å². The van der Waals surface area contributed by atoms with E-state index in [1.54, 1.807) is 0 Å². The Balaban J connectivity index is 1.10. The molecule has 0 unspecified atom stereocenters. The van der Waals surface area contributed by atoms with Gasteiger partial charge in [-0.15, -0.1) is 0 Å². The summed E-state index contributed by atoms with van der Waals surface area (Å²) in [5.74, 6) is 1.68. The summed E-state index contributed by atoms with van der Waals surface area (Å²) in [6, 6.07) is 24.5. The molecule has 0 saturated carbocycles. The van der Waals surface area contributed by atoms with E-state index in [1.165, 1.54) is 5.56 Å². The van der Waals surface area contributed by atoms with E-state index in [0.29, 0.717) is 6.79 Å². The Kier molecular flexibility index (Phi) is 6.09. The third kappa shape index (κ3) is 4.95. The van der Waals surface area contributed by atoms with Gasteiger partial charge < -0.3 is 25.0 Å². The van der Waals surface area contributed by atoms with E-state index >= 15 is 0 Å². The molecule has 3 aromatic rings. The zero-order chi connectivity index (χ0) is 21.8.